The summed E-state index contributed by atoms with van der Waals surface area (Å²) in [6.07, 6.45) is 1.06. The van der Waals surface area contributed by atoms with E-state index in [1.807, 2.05) is 67.6 Å². The quantitative estimate of drug-likeness (QED) is 0.310. The molecule has 0 fully saturated rings. The molecule has 0 bridgehead atoms. The van der Waals surface area contributed by atoms with E-state index in [0.717, 1.165) is 26.1 Å². The van der Waals surface area contributed by atoms with E-state index in [1.165, 1.54) is 6.21 Å². The summed E-state index contributed by atoms with van der Waals surface area (Å²) in [4.78, 5) is 27.6. The highest BCUT2D eigenvalue weighted by molar-refractivity contribution is 9.10. The van der Waals surface area contributed by atoms with E-state index in [1.54, 1.807) is 6.07 Å². The molecule has 0 aliphatic heterocycles. The van der Waals surface area contributed by atoms with E-state index < -0.39 is 12.0 Å². The zero-order valence-electron chi connectivity index (χ0n) is 16.8. The highest BCUT2D eigenvalue weighted by Crippen LogP contribution is 2.33. The van der Waals surface area contributed by atoms with Gasteiger partial charge >= 0.3 is 0 Å². The molecule has 0 radical (unpaired) electrons. The largest absolute Gasteiger partial charge is 0.479 e. The third-order valence-electron chi connectivity index (χ3n) is 4.92. The number of hydrazone groups is 1. The van der Waals surface area contributed by atoms with Gasteiger partial charge in [-0.05, 0) is 56.7 Å². The number of pyridine rings is 1. The molecular weight excluding hydrogens is 458 g/mol. The van der Waals surface area contributed by atoms with Gasteiger partial charge in [-0.25, -0.2) is 5.43 Å². The molecule has 0 spiro atoms. The van der Waals surface area contributed by atoms with Gasteiger partial charge in [0.05, 0.1) is 16.3 Å². The molecule has 0 saturated heterocycles. The molecule has 1 atom stereocenters. The lowest BCUT2D eigenvalue weighted by molar-refractivity contribution is -0.128. The number of amides is 1. The first kappa shape index (κ1) is 20.8. The van der Waals surface area contributed by atoms with Gasteiger partial charge in [0.2, 0.25) is 0 Å². The number of carbonyl (C=O) groups excluding carboxylic acids is 1. The second-order valence-electron chi connectivity index (χ2n) is 6.99. The Morgan fingerprint density at radius 3 is 2.68 bits per heavy atom. The Bertz CT molecular complexity index is 1350. The summed E-state index contributed by atoms with van der Waals surface area (Å²) in [6, 6.07) is 20.9. The third kappa shape index (κ3) is 4.51. The summed E-state index contributed by atoms with van der Waals surface area (Å²) in [7, 11) is 0. The summed E-state index contributed by atoms with van der Waals surface area (Å²) in [6.45, 7) is 1.86. The van der Waals surface area contributed by atoms with Crippen molar-refractivity contribution in [2.75, 3.05) is 0 Å². The normalized spacial score (nSPS) is 12.3. The fraction of sp³-hybridized carbons (Fsp3) is 0.125. The highest BCUT2D eigenvalue weighted by atomic mass is 79.9. The van der Waals surface area contributed by atoms with E-state index in [4.69, 9.17) is 4.74 Å². The van der Waals surface area contributed by atoms with E-state index in [2.05, 4.69) is 31.4 Å². The van der Waals surface area contributed by atoms with Gasteiger partial charge < -0.3 is 9.72 Å². The topological polar surface area (TPSA) is 83.5 Å². The van der Waals surface area contributed by atoms with Crippen molar-refractivity contribution in [2.24, 2.45) is 5.10 Å². The van der Waals surface area contributed by atoms with Crippen LogP contribution in [-0.2, 0) is 4.79 Å². The van der Waals surface area contributed by atoms with Crippen LogP contribution in [0.5, 0.6) is 5.75 Å². The number of hydrogen-bond acceptors (Lipinski definition) is 4. The first-order chi connectivity index (χ1) is 15.1. The zero-order valence-corrected chi connectivity index (χ0v) is 18.3. The Morgan fingerprint density at radius 2 is 1.87 bits per heavy atom. The number of nitrogens with zero attached hydrogens (tertiary/aromatic N) is 1. The second-order valence-corrected chi connectivity index (χ2v) is 7.78. The summed E-state index contributed by atoms with van der Waals surface area (Å²) < 4.78 is 6.74. The SMILES string of the molecule is CC[C@H](Oc1ccc2ccccc2c1Br)C(=O)N/N=C\c1cc2ccccc2[nH]c1=O. The number of halogens is 1. The van der Waals surface area contributed by atoms with E-state index in [9.17, 15) is 9.59 Å². The Kier molecular flexibility index (Phi) is 6.13. The predicted molar refractivity (Wildman–Crippen MR) is 127 cm³/mol. The van der Waals surface area contributed by atoms with Crippen molar-refractivity contribution < 1.29 is 9.53 Å². The monoisotopic (exact) mass is 477 g/mol. The molecule has 0 unspecified atom stereocenters. The number of carbonyl (C=O) groups is 1. The molecular formula is C24H20BrN3O3. The average molecular weight is 478 g/mol. The van der Waals surface area contributed by atoms with E-state index in [-0.39, 0.29) is 5.56 Å². The lowest BCUT2D eigenvalue weighted by atomic mass is 10.1. The Hall–Kier alpha value is -3.45. The number of H-pyrrole nitrogens is 1. The number of aromatic amines is 1. The van der Waals surface area contributed by atoms with Crippen LogP contribution in [0.2, 0.25) is 0 Å². The summed E-state index contributed by atoms with van der Waals surface area (Å²) in [5, 5.41) is 6.91. The Balaban J connectivity index is 1.48. The number of fused-ring (bicyclic) bond motifs is 2. The van der Waals surface area contributed by atoms with Crippen LogP contribution in [0.15, 0.2) is 81.1 Å². The number of aromatic nitrogens is 1. The molecule has 4 rings (SSSR count). The summed E-state index contributed by atoms with van der Waals surface area (Å²) in [5.41, 5.74) is 3.29. The number of nitrogens with one attached hydrogen (secondary N) is 2. The van der Waals surface area contributed by atoms with Crippen molar-refractivity contribution in [3.8, 4) is 5.75 Å². The van der Waals surface area contributed by atoms with Crippen molar-refractivity contribution in [3.63, 3.8) is 0 Å². The van der Waals surface area contributed by atoms with Gasteiger partial charge in [0.25, 0.3) is 11.5 Å². The van der Waals surface area contributed by atoms with Gasteiger partial charge in [-0.2, -0.15) is 5.10 Å². The van der Waals surface area contributed by atoms with Crippen molar-refractivity contribution in [2.45, 2.75) is 19.4 Å². The maximum absolute atomic E-state index is 12.6. The maximum atomic E-state index is 12.6. The molecule has 6 nitrogen and oxygen atoms in total. The number of para-hydroxylation sites is 1. The number of rotatable bonds is 6. The van der Waals surface area contributed by atoms with E-state index >= 15 is 0 Å². The second kappa shape index (κ2) is 9.14. The minimum atomic E-state index is -0.732. The van der Waals surface area contributed by atoms with Crippen LogP contribution in [0.3, 0.4) is 0 Å². The van der Waals surface area contributed by atoms with Gasteiger partial charge in [0, 0.05) is 5.52 Å². The minimum Gasteiger partial charge on any atom is -0.479 e. The first-order valence-corrected chi connectivity index (χ1v) is 10.6. The fourth-order valence-electron chi connectivity index (χ4n) is 3.28. The molecule has 2 N–H and O–H groups in total. The average Bonchev–Trinajstić information content (AvgIpc) is 2.79. The Labute approximate surface area is 187 Å². The lowest BCUT2D eigenvalue weighted by Gasteiger charge is -2.17. The Morgan fingerprint density at radius 1 is 1.13 bits per heavy atom. The summed E-state index contributed by atoms with van der Waals surface area (Å²) >= 11 is 3.58. The van der Waals surface area contributed by atoms with Crippen molar-refractivity contribution in [1.82, 2.24) is 10.4 Å². The number of hydrogen-bond donors (Lipinski definition) is 2. The zero-order chi connectivity index (χ0) is 21.8. The van der Waals surface area contributed by atoms with Crippen LogP contribution in [-0.4, -0.2) is 23.2 Å². The lowest BCUT2D eigenvalue weighted by Crippen LogP contribution is -2.35. The molecule has 0 aliphatic rings. The predicted octanol–water partition coefficient (Wildman–Crippen LogP) is 4.75. The third-order valence-corrected chi connectivity index (χ3v) is 5.74. The molecule has 7 heteroatoms. The summed E-state index contributed by atoms with van der Waals surface area (Å²) in [5.74, 6) is 0.187. The van der Waals surface area contributed by atoms with Crippen LogP contribution < -0.4 is 15.7 Å². The van der Waals surface area contributed by atoms with Crippen LogP contribution in [0, 0.1) is 0 Å². The molecule has 1 aromatic heterocycles. The van der Waals surface area contributed by atoms with Crippen molar-refractivity contribution >= 4 is 49.7 Å². The molecule has 0 aliphatic carbocycles. The molecule has 1 heterocycles. The van der Waals surface area contributed by atoms with Gasteiger partial charge in [-0.15, -0.1) is 0 Å². The standard InChI is InChI=1S/C24H20BrN3O3/c1-2-20(31-21-12-11-15-7-3-5-9-18(15)22(21)25)24(30)28-26-14-17-13-16-8-4-6-10-19(16)27-23(17)29/h3-14,20H,2H2,1H3,(H,27,29)(H,28,30)/b26-14-/t20-/m0/s1. The van der Waals surface area contributed by atoms with Crippen molar-refractivity contribution in [3.05, 3.63) is 87.1 Å². The molecule has 1 amide bonds. The molecule has 0 saturated carbocycles. The van der Waals surface area contributed by atoms with Crippen LogP contribution in [0.4, 0.5) is 0 Å². The molecule has 156 valence electrons. The first-order valence-electron chi connectivity index (χ1n) is 9.85. The van der Waals surface area contributed by atoms with Gasteiger partial charge in [-0.1, -0.05) is 55.5 Å². The van der Waals surface area contributed by atoms with Crippen LogP contribution in [0.1, 0.15) is 18.9 Å². The molecule has 3 aromatic carbocycles. The van der Waals surface area contributed by atoms with E-state index in [0.29, 0.717) is 17.7 Å². The highest BCUT2D eigenvalue weighted by Gasteiger charge is 2.19. The smallest absolute Gasteiger partial charge is 0.281 e. The van der Waals surface area contributed by atoms with Gasteiger partial charge in [0.15, 0.2) is 6.10 Å². The van der Waals surface area contributed by atoms with Crippen molar-refractivity contribution in [1.29, 1.82) is 0 Å². The number of benzene rings is 3. The fourth-order valence-corrected chi connectivity index (χ4v) is 3.86. The minimum absolute atomic E-state index is 0.278. The van der Waals surface area contributed by atoms with Gasteiger partial charge in [0.1, 0.15) is 5.75 Å². The van der Waals surface area contributed by atoms with Crippen LogP contribution >= 0.6 is 15.9 Å². The van der Waals surface area contributed by atoms with Crippen LogP contribution in [0.25, 0.3) is 21.7 Å². The number of ether oxygens (including phenoxy) is 1. The van der Waals surface area contributed by atoms with Gasteiger partial charge in [-0.3, -0.25) is 9.59 Å². The molecule has 4 aromatic rings. The molecule has 31 heavy (non-hydrogen) atoms. The maximum Gasteiger partial charge on any atom is 0.281 e.